The van der Waals surface area contributed by atoms with Gasteiger partial charge >= 0.3 is 0 Å². The molecule has 124 valence electrons. The van der Waals surface area contributed by atoms with Crippen LogP contribution in [0.3, 0.4) is 0 Å². The number of benzene rings is 1. The van der Waals surface area contributed by atoms with E-state index in [1.165, 1.54) is 6.92 Å². The standard InChI is InChI=1S/C19H18O5/c1-18(23)8-13(20)15-14-12(6-7-19(15,24)9-18)16(21)10-4-2-3-5-11(10)17(14)22/h2-5,15,23-24H,6-9H2,1H3/t15-,18+,19+/m1/s1. The third kappa shape index (κ3) is 1.98. The number of carbonyl (C=O) groups excluding carboxylic acids is 3. The smallest absolute Gasteiger partial charge is 0.191 e. The Kier molecular flexibility index (Phi) is 3.03. The summed E-state index contributed by atoms with van der Waals surface area (Å²) in [6.45, 7) is 1.52. The molecule has 0 saturated heterocycles. The molecule has 0 radical (unpaired) electrons. The number of hydrogen-bond donors (Lipinski definition) is 2. The molecule has 0 heterocycles. The van der Waals surface area contributed by atoms with E-state index < -0.39 is 17.1 Å². The van der Waals surface area contributed by atoms with Crippen molar-refractivity contribution in [2.75, 3.05) is 0 Å². The Hall–Kier alpha value is -2.11. The topological polar surface area (TPSA) is 91.7 Å². The molecule has 24 heavy (non-hydrogen) atoms. The van der Waals surface area contributed by atoms with Crippen LogP contribution in [0.25, 0.3) is 0 Å². The molecular weight excluding hydrogens is 308 g/mol. The first kappa shape index (κ1) is 15.4. The van der Waals surface area contributed by atoms with Crippen LogP contribution in [0.15, 0.2) is 35.4 Å². The van der Waals surface area contributed by atoms with Crippen molar-refractivity contribution in [2.45, 2.75) is 43.8 Å². The monoisotopic (exact) mass is 326 g/mol. The molecule has 5 heteroatoms. The summed E-state index contributed by atoms with van der Waals surface area (Å²) in [6.07, 6.45) is 0.334. The van der Waals surface area contributed by atoms with Gasteiger partial charge in [0.25, 0.3) is 0 Å². The van der Waals surface area contributed by atoms with Crippen LogP contribution in [-0.4, -0.2) is 38.8 Å². The second-order valence-corrected chi connectivity index (χ2v) is 7.45. The molecule has 1 aromatic rings. The fourth-order valence-corrected chi connectivity index (χ4v) is 4.60. The van der Waals surface area contributed by atoms with Crippen LogP contribution < -0.4 is 0 Å². The first-order valence-electron chi connectivity index (χ1n) is 8.12. The van der Waals surface area contributed by atoms with Gasteiger partial charge in [0.2, 0.25) is 0 Å². The Morgan fingerprint density at radius 2 is 1.67 bits per heavy atom. The lowest BCUT2D eigenvalue weighted by Crippen LogP contribution is -2.58. The highest BCUT2D eigenvalue weighted by atomic mass is 16.3. The molecule has 0 aromatic heterocycles. The number of hydrogen-bond acceptors (Lipinski definition) is 5. The number of aliphatic hydroxyl groups is 2. The number of Topliss-reactive ketones (excluding diaryl/α,β-unsaturated/α-hetero) is 3. The molecule has 4 rings (SSSR count). The Labute approximate surface area is 139 Å². The molecule has 5 nitrogen and oxygen atoms in total. The average Bonchev–Trinajstić information content (AvgIpc) is 2.49. The Morgan fingerprint density at radius 1 is 1.04 bits per heavy atom. The van der Waals surface area contributed by atoms with Gasteiger partial charge in [-0.25, -0.2) is 0 Å². The van der Waals surface area contributed by atoms with E-state index >= 15 is 0 Å². The molecule has 0 unspecified atom stereocenters. The maximum atomic E-state index is 13.0. The van der Waals surface area contributed by atoms with Crippen molar-refractivity contribution in [1.29, 1.82) is 0 Å². The Bertz CT molecular complexity index is 832. The van der Waals surface area contributed by atoms with E-state index in [1.807, 2.05) is 0 Å². The van der Waals surface area contributed by atoms with Crippen molar-refractivity contribution in [3.05, 3.63) is 46.5 Å². The van der Waals surface area contributed by atoms with Crippen molar-refractivity contribution in [1.82, 2.24) is 0 Å². The molecule has 1 aromatic carbocycles. The first-order chi connectivity index (χ1) is 11.2. The highest BCUT2D eigenvalue weighted by Gasteiger charge is 2.57. The summed E-state index contributed by atoms with van der Waals surface area (Å²) in [5, 5.41) is 21.3. The number of carbonyl (C=O) groups is 3. The fraction of sp³-hybridized carbons (Fsp3) is 0.421. The highest BCUT2D eigenvalue weighted by molar-refractivity contribution is 6.28. The van der Waals surface area contributed by atoms with Crippen LogP contribution in [0.5, 0.6) is 0 Å². The molecule has 3 aliphatic rings. The van der Waals surface area contributed by atoms with Crippen LogP contribution in [0.2, 0.25) is 0 Å². The molecule has 0 bridgehead atoms. The molecule has 3 aliphatic carbocycles. The number of ketones is 3. The summed E-state index contributed by atoms with van der Waals surface area (Å²) in [6, 6.07) is 6.58. The summed E-state index contributed by atoms with van der Waals surface area (Å²) in [5.41, 5.74) is -1.62. The van der Waals surface area contributed by atoms with E-state index in [0.717, 1.165) is 0 Å². The van der Waals surface area contributed by atoms with E-state index in [2.05, 4.69) is 0 Å². The maximum Gasteiger partial charge on any atom is 0.191 e. The van der Waals surface area contributed by atoms with Gasteiger partial charge in [-0.2, -0.15) is 0 Å². The molecule has 0 spiro atoms. The summed E-state index contributed by atoms with van der Waals surface area (Å²) in [5.74, 6) is -1.97. The maximum absolute atomic E-state index is 13.0. The Morgan fingerprint density at radius 3 is 2.33 bits per heavy atom. The zero-order chi connectivity index (χ0) is 17.3. The predicted octanol–water partition coefficient (Wildman–Crippen LogP) is 1.62. The second kappa shape index (κ2) is 4.71. The van der Waals surface area contributed by atoms with Crippen LogP contribution in [0.1, 0.15) is 53.3 Å². The van der Waals surface area contributed by atoms with Gasteiger partial charge in [0.05, 0.1) is 17.1 Å². The molecular formula is C19H18O5. The number of rotatable bonds is 0. The van der Waals surface area contributed by atoms with E-state index in [1.54, 1.807) is 24.3 Å². The van der Waals surface area contributed by atoms with Crippen molar-refractivity contribution >= 4 is 17.3 Å². The van der Waals surface area contributed by atoms with Crippen LogP contribution >= 0.6 is 0 Å². The van der Waals surface area contributed by atoms with Crippen molar-refractivity contribution in [3.63, 3.8) is 0 Å². The van der Waals surface area contributed by atoms with Crippen LogP contribution in [-0.2, 0) is 4.79 Å². The van der Waals surface area contributed by atoms with Gasteiger partial charge in [0.1, 0.15) is 5.78 Å². The highest BCUT2D eigenvalue weighted by Crippen LogP contribution is 2.50. The second-order valence-electron chi connectivity index (χ2n) is 7.45. The summed E-state index contributed by atoms with van der Waals surface area (Å²) < 4.78 is 0. The minimum Gasteiger partial charge on any atom is -0.390 e. The summed E-state index contributed by atoms with van der Waals surface area (Å²) in [7, 11) is 0. The zero-order valence-electron chi connectivity index (χ0n) is 13.3. The van der Waals surface area contributed by atoms with Gasteiger partial charge in [-0.1, -0.05) is 24.3 Å². The largest absolute Gasteiger partial charge is 0.390 e. The minimum absolute atomic E-state index is 0.0241. The normalized spacial score (nSPS) is 35.5. The van der Waals surface area contributed by atoms with Crippen LogP contribution in [0, 0.1) is 5.92 Å². The fourth-order valence-electron chi connectivity index (χ4n) is 4.60. The zero-order valence-corrected chi connectivity index (χ0v) is 13.3. The molecule has 0 aliphatic heterocycles. The lowest BCUT2D eigenvalue weighted by molar-refractivity contribution is -0.156. The van der Waals surface area contributed by atoms with E-state index in [0.29, 0.717) is 11.1 Å². The van der Waals surface area contributed by atoms with Gasteiger partial charge in [0, 0.05) is 35.1 Å². The first-order valence-corrected chi connectivity index (χ1v) is 8.12. The lowest BCUT2D eigenvalue weighted by atomic mass is 9.58. The minimum atomic E-state index is -1.47. The third-order valence-electron chi connectivity index (χ3n) is 5.46. The van der Waals surface area contributed by atoms with Gasteiger partial charge in [-0.05, 0) is 19.8 Å². The van der Waals surface area contributed by atoms with Gasteiger partial charge in [0.15, 0.2) is 11.6 Å². The number of allylic oxidation sites excluding steroid dienone is 1. The van der Waals surface area contributed by atoms with E-state index in [-0.39, 0.29) is 54.2 Å². The van der Waals surface area contributed by atoms with Gasteiger partial charge in [-0.3, -0.25) is 14.4 Å². The third-order valence-corrected chi connectivity index (χ3v) is 5.46. The summed E-state index contributed by atoms with van der Waals surface area (Å²) >= 11 is 0. The van der Waals surface area contributed by atoms with Crippen molar-refractivity contribution in [2.24, 2.45) is 5.92 Å². The Balaban J connectivity index is 1.89. The summed E-state index contributed by atoms with van der Waals surface area (Å²) in [4.78, 5) is 38.4. The van der Waals surface area contributed by atoms with Crippen LogP contribution in [0.4, 0.5) is 0 Å². The molecule has 1 fully saturated rings. The molecule has 2 N–H and O–H groups in total. The molecule has 0 amide bonds. The number of fused-ring (bicyclic) bond motifs is 3. The van der Waals surface area contributed by atoms with Gasteiger partial charge < -0.3 is 10.2 Å². The predicted molar refractivity (Wildman–Crippen MR) is 84.7 cm³/mol. The lowest BCUT2D eigenvalue weighted by Gasteiger charge is -2.49. The average molecular weight is 326 g/mol. The molecule has 1 saturated carbocycles. The van der Waals surface area contributed by atoms with Gasteiger partial charge in [-0.15, -0.1) is 0 Å². The molecule has 3 atom stereocenters. The van der Waals surface area contributed by atoms with Crippen molar-refractivity contribution < 1.29 is 24.6 Å². The van der Waals surface area contributed by atoms with Crippen molar-refractivity contribution in [3.8, 4) is 0 Å². The quantitative estimate of drug-likeness (QED) is 0.756. The van der Waals surface area contributed by atoms with E-state index in [9.17, 15) is 24.6 Å². The SMILES string of the molecule is C[C@]1(O)CC(=O)[C@@H]2C3=C(CC[C@]2(O)C1)C(=O)c1ccccc1C3=O. The van der Waals surface area contributed by atoms with E-state index in [4.69, 9.17) is 0 Å².